The number of hydrogen-bond acceptors (Lipinski definition) is 3. The number of carboxylic acid groups (broad SMARTS) is 1. The van der Waals surface area contributed by atoms with E-state index in [1.165, 1.54) is 44.9 Å². The van der Waals surface area contributed by atoms with Crippen LogP contribution >= 0.6 is 11.3 Å². The molecule has 0 aliphatic heterocycles. The highest BCUT2D eigenvalue weighted by Crippen LogP contribution is 2.32. The van der Waals surface area contributed by atoms with E-state index in [-0.39, 0.29) is 6.42 Å². The molecule has 1 aliphatic carbocycles. The van der Waals surface area contributed by atoms with Crippen molar-refractivity contribution in [2.24, 2.45) is 0 Å². The maximum Gasteiger partial charge on any atom is 0.309 e. The van der Waals surface area contributed by atoms with Crippen molar-refractivity contribution in [2.45, 2.75) is 57.3 Å². The number of aromatic nitrogens is 1. The number of aliphatic carboxylic acids is 1. The quantitative estimate of drug-likeness (QED) is 0.895. The summed E-state index contributed by atoms with van der Waals surface area (Å²) in [5, 5.41) is 11.8. The Kier molecular flexibility index (Phi) is 4.54. The Balaban J connectivity index is 1.99. The smallest absolute Gasteiger partial charge is 0.309 e. The van der Waals surface area contributed by atoms with Crippen molar-refractivity contribution in [3.8, 4) is 0 Å². The van der Waals surface area contributed by atoms with Gasteiger partial charge in [0.25, 0.3) is 0 Å². The van der Waals surface area contributed by atoms with Gasteiger partial charge in [0, 0.05) is 11.3 Å². The van der Waals surface area contributed by atoms with Gasteiger partial charge in [0.15, 0.2) is 0 Å². The predicted molar refractivity (Wildman–Crippen MR) is 68.5 cm³/mol. The molecule has 94 valence electrons. The molecule has 1 fully saturated rings. The molecule has 0 amide bonds. The largest absolute Gasteiger partial charge is 0.481 e. The van der Waals surface area contributed by atoms with E-state index in [1.54, 1.807) is 11.3 Å². The molecule has 1 aromatic heterocycles. The average Bonchev–Trinajstić information content (AvgIpc) is 2.64. The van der Waals surface area contributed by atoms with Crippen LogP contribution in [0.25, 0.3) is 0 Å². The molecular weight excluding hydrogens is 234 g/mol. The van der Waals surface area contributed by atoms with Crippen molar-refractivity contribution in [3.63, 3.8) is 0 Å². The minimum absolute atomic E-state index is 0.0587. The molecule has 2 rings (SSSR count). The lowest BCUT2D eigenvalue weighted by atomic mass is 9.92. The molecule has 1 N–H and O–H groups in total. The van der Waals surface area contributed by atoms with Crippen molar-refractivity contribution in [2.75, 3.05) is 0 Å². The summed E-state index contributed by atoms with van der Waals surface area (Å²) in [5.74, 6) is -0.220. The Morgan fingerprint density at radius 3 is 2.59 bits per heavy atom. The SMILES string of the molecule is O=C(O)Cc1csc(C2CCCCCCC2)n1. The van der Waals surface area contributed by atoms with Gasteiger partial charge < -0.3 is 5.11 Å². The molecule has 1 aromatic rings. The van der Waals surface area contributed by atoms with E-state index in [1.807, 2.05) is 5.38 Å². The molecule has 0 unspecified atom stereocenters. The Morgan fingerprint density at radius 2 is 1.94 bits per heavy atom. The Hall–Kier alpha value is -0.900. The van der Waals surface area contributed by atoms with Crippen LogP contribution in [0.5, 0.6) is 0 Å². The van der Waals surface area contributed by atoms with Gasteiger partial charge in [-0.05, 0) is 12.8 Å². The fourth-order valence-electron chi connectivity index (χ4n) is 2.45. The highest BCUT2D eigenvalue weighted by Gasteiger charge is 2.17. The van der Waals surface area contributed by atoms with E-state index < -0.39 is 5.97 Å². The summed E-state index contributed by atoms with van der Waals surface area (Å²) in [4.78, 5) is 15.1. The van der Waals surface area contributed by atoms with Crippen LogP contribution in [-0.4, -0.2) is 16.1 Å². The van der Waals surface area contributed by atoms with Crippen LogP contribution in [0.2, 0.25) is 0 Å². The van der Waals surface area contributed by atoms with Crippen LogP contribution in [0.4, 0.5) is 0 Å². The number of rotatable bonds is 3. The van der Waals surface area contributed by atoms with Crippen molar-refractivity contribution in [1.82, 2.24) is 4.98 Å². The number of carbonyl (C=O) groups is 1. The van der Waals surface area contributed by atoms with Gasteiger partial charge in [-0.25, -0.2) is 4.98 Å². The van der Waals surface area contributed by atoms with E-state index in [0.717, 1.165) is 10.7 Å². The summed E-state index contributed by atoms with van der Waals surface area (Å²) in [5.41, 5.74) is 0.722. The molecular formula is C13H19NO2S. The summed E-state index contributed by atoms with van der Waals surface area (Å²) < 4.78 is 0. The summed E-state index contributed by atoms with van der Waals surface area (Å²) in [6, 6.07) is 0. The zero-order valence-corrected chi connectivity index (χ0v) is 10.8. The number of hydrogen-bond donors (Lipinski definition) is 1. The van der Waals surface area contributed by atoms with Gasteiger partial charge in [0.1, 0.15) is 0 Å². The molecule has 4 heteroatoms. The van der Waals surface area contributed by atoms with Gasteiger partial charge in [-0.2, -0.15) is 0 Å². The first-order valence-electron chi connectivity index (χ1n) is 6.42. The highest BCUT2D eigenvalue weighted by molar-refractivity contribution is 7.09. The third-order valence-electron chi connectivity index (χ3n) is 3.36. The van der Waals surface area contributed by atoms with E-state index in [2.05, 4.69) is 4.98 Å². The normalized spacial score (nSPS) is 18.6. The highest BCUT2D eigenvalue weighted by atomic mass is 32.1. The second kappa shape index (κ2) is 6.15. The molecule has 3 nitrogen and oxygen atoms in total. The first-order chi connectivity index (χ1) is 8.25. The Labute approximate surface area is 106 Å². The summed E-state index contributed by atoms with van der Waals surface area (Å²) in [6.45, 7) is 0. The van der Waals surface area contributed by atoms with Crippen LogP contribution in [0.15, 0.2) is 5.38 Å². The zero-order chi connectivity index (χ0) is 12.1. The molecule has 1 heterocycles. The lowest BCUT2D eigenvalue weighted by molar-refractivity contribution is -0.136. The first-order valence-corrected chi connectivity index (χ1v) is 7.30. The van der Waals surface area contributed by atoms with Gasteiger partial charge >= 0.3 is 5.97 Å². The van der Waals surface area contributed by atoms with Crippen LogP contribution in [0.3, 0.4) is 0 Å². The van der Waals surface area contributed by atoms with E-state index in [4.69, 9.17) is 5.11 Å². The van der Waals surface area contributed by atoms with Gasteiger partial charge in [0.2, 0.25) is 0 Å². The Morgan fingerprint density at radius 1 is 1.29 bits per heavy atom. The molecule has 0 spiro atoms. The van der Waals surface area contributed by atoms with Crippen LogP contribution in [-0.2, 0) is 11.2 Å². The number of carboxylic acids is 1. The lowest BCUT2D eigenvalue weighted by Gasteiger charge is -2.17. The molecule has 17 heavy (non-hydrogen) atoms. The number of thiazole rings is 1. The predicted octanol–water partition coefficient (Wildman–Crippen LogP) is 3.60. The summed E-state index contributed by atoms with van der Waals surface area (Å²) in [6.07, 6.45) is 9.13. The summed E-state index contributed by atoms with van der Waals surface area (Å²) in [7, 11) is 0. The molecule has 0 aromatic carbocycles. The van der Waals surface area contributed by atoms with Crippen LogP contribution < -0.4 is 0 Å². The molecule has 0 radical (unpaired) electrons. The van der Waals surface area contributed by atoms with Gasteiger partial charge in [0.05, 0.1) is 17.1 Å². The molecule has 0 saturated heterocycles. The standard InChI is InChI=1S/C13H19NO2S/c15-12(16)8-11-9-17-13(14-11)10-6-4-2-1-3-5-7-10/h9-10H,1-8H2,(H,15,16). The van der Waals surface area contributed by atoms with Crippen LogP contribution in [0, 0.1) is 0 Å². The van der Waals surface area contributed by atoms with E-state index >= 15 is 0 Å². The topological polar surface area (TPSA) is 50.2 Å². The first kappa shape index (κ1) is 12.6. The second-order valence-corrected chi connectivity index (χ2v) is 5.68. The van der Waals surface area contributed by atoms with Crippen molar-refractivity contribution >= 4 is 17.3 Å². The fourth-order valence-corrected chi connectivity index (χ4v) is 3.44. The fraction of sp³-hybridized carbons (Fsp3) is 0.692. The third kappa shape index (κ3) is 3.80. The van der Waals surface area contributed by atoms with Gasteiger partial charge in [-0.3, -0.25) is 4.79 Å². The average molecular weight is 253 g/mol. The molecule has 1 aliphatic rings. The van der Waals surface area contributed by atoms with Crippen molar-refractivity contribution in [1.29, 1.82) is 0 Å². The van der Waals surface area contributed by atoms with Crippen LogP contribution in [0.1, 0.15) is 61.6 Å². The second-order valence-electron chi connectivity index (χ2n) is 4.79. The van der Waals surface area contributed by atoms with Gasteiger partial charge in [-0.15, -0.1) is 11.3 Å². The maximum absolute atomic E-state index is 10.6. The lowest BCUT2D eigenvalue weighted by Crippen LogP contribution is -2.04. The minimum Gasteiger partial charge on any atom is -0.481 e. The van der Waals surface area contributed by atoms with E-state index in [9.17, 15) is 4.79 Å². The maximum atomic E-state index is 10.6. The monoisotopic (exact) mass is 253 g/mol. The van der Waals surface area contributed by atoms with E-state index in [0.29, 0.717) is 5.92 Å². The third-order valence-corrected chi connectivity index (χ3v) is 4.41. The molecule has 0 bridgehead atoms. The summed E-state index contributed by atoms with van der Waals surface area (Å²) >= 11 is 1.64. The zero-order valence-electron chi connectivity index (χ0n) is 10.0. The minimum atomic E-state index is -0.792. The number of nitrogens with zero attached hydrogens (tertiary/aromatic N) is 1. The van der Waals surface area contributed by atoms with Crippen molar-refractivity contribution in [3.05, 3.63) is 16.1 Å². The molecule has 1 saturated carbocycles. The van der Waals surface area contributed by atoms with Crippen molar-refractivity contribution < 1.29 is 9.90 Å². The van der Waals surface area contributed by atoms with Gasteiger partial charge in [-0.1, -0.05) is 32.1 Å². The Bertz CT molecular complexity index is 367. The molecule has 0 atom stereocenters.